The fourth-order valence-corrected chi connectivity index (χ4v) is 11.0. The summed E-state index contributed by atoms with van der Waals surface area (Å²) in [6.07, 6.45) is 9.90. The number of nitrogens with zero attached hydrogens (tertiary/aromatic N) is 4. The van der Waals surface area contributed by atoms with Crippen molar-refractivity contribution in [3.8, 4) is 89.5 Å². The van der Waals surface area contributed by atoms with Crippen LogP contribution in [0.5, 0.6) is 0 Å². The summed E-state index contributed by atoms with van der Waals surface area (Å²) < 4.78 is 8.83. The van der Waals surface area contributed by atoms with E-state index < -0.39 is 0 Å². The van der Waals surface area contributed by atoms with E-state index >= 15 is 0 Å². The van der Waals surface area contributed by atoms with Gasteiger partial charge in [-0.05, 0) is 151 Å². The SMILES string of the molecule is CCc1ccc(-c2ccc(-c3ccccc3C)[n+](C)c2)cc1.Cc1ccc(-c2ccc(-c3ccccc3C)[n+](C)c2)cc1.Cc1ccccc1-c1ccc(-c2ccc(C(C)C)cc2)c[n+]1C.Cc1ccccc1-c1ccc(-c2ccccc2)c[n+]1C. The number of hydrogen-bond acceptors (Lipinski definition) is 0. The molecule has 0 spiro atoms. The molecule has 0 unspecified atom stereocenters. The van der Waals surface area contributed by atoms with Crippen molar-refractivity contribution in [2.75, 3.05) is 0 Å². The monoisotopic (exact) mass is 1120 g/mol. The van der Waals surface area contributed by atoms with Crippen molar-refractivity contribution in [3.05, 3.63) is 312 Å². The van der Waals surface area contributed by atoms with E-state index in [4.69, 9.17) is 0 Å². The molecule has 0 amide bonds. The maximum atomic E-state index is 2.23. The largest absolute Gasteiger partial charge is 0.212 e. The summed E-state index contributed by atoms with van der Waals surface area (Å²) >= 11 is 0. The van der Waals surface area contributed by atoms with Crippen LogP contribution in [0.4, 0.5) is 0 Å². The van der Waals surface area contributed by atoms with Gasteiger partial charge in [-0.15, -0.1) is 0 Å². The number of aromatic nitrogens is 4. The lowest BCUT2D eigenvalue weighted by Crippen LogP contribution is -2.30. The van der Waals surface area contributed by atoms with Crippen LogP contribution in [0, 0.1) is 34.6 Å². The molecule has 0 saturated carbocycles. The van der Waals surface area contributed by atoms with Gasteiger partial charge in [0, 0.05) is 68.8 Å². The van der Waals surface area contributed by atoms with Gasteiger partial charge in [0.25, 0.3) is 0 Å². The standard InChI is InChI=1S/C22H24N.C21H22N.C20H20N.C19H18N/c1-16(2)18-9-11-19(12-10-18)20-13-14-22(23(4)15-20)21-8-6-5-7-17(21)3;1-4-17-9-11-18(12-10-17)19-13-14-21(22(3)15-19)20-8-6-5-7-16(20)2;1-15-8-10-17(11-9-15)18-12-13-20(21(3)14-18)19-7-5-4-6-16(19)2;1-15-8-6-7-11-18(15)19-13-12-17(14-20(19)2)16-9-4-3-5-10-16/h5-16H,1-4H3;5-15H,4H2,1-3H3;4-14H,1-3H3;3-14H,1-2H3/q4*+1. The highest BCUT2D eigenvalue weighted by molar-refractivity contribution is 5.70. The van der Waals surface area contributed by atoms with Crippen molar-refractivity contribution < 1.29 is 18.3 Å². The van der Waals surface area contributed by atoms with Crippen LogP contribution < -0.4 is 18.3 Å². The normalized spacial score (nSPS) is 10.7. The topological polar surface area (TPSA) is 15.5 Å². The van der Waals surface area contributed by atoms with Gasteiger partial charge in [0.2, 0.25) is 22.8 Å². The molecule has 0 atom stereocenters. The third-order valence-electron chi connectivity index (χ3n) is 16.3. The predicted molar refractivity (Wildman–Crippen MR) is 361 cm³/mol. The van der Waals surface area contributed by atoms with Gasteiger partial charge in [-0.1, -0.05) is 202 Å². The Kier molecular flexibility index (Phi) is 20.4. The minimum atomic E-state index is 0.573. The van der Waals surface area contributed by atoms with Crippen molar-refractivity contribution >= 4 is 0 Å². The van der Waals surface area contributed by atoms with E-state index in [1.807, 2.05) is 6.07 Å². The van der Waals surface area contributed by atoms with E-state index in [1.165, 1.54) is 128 Å². The van der Waals surface area contributed by atoms with Crippen LogP contribution in [-0.4, -0.2) is 0 Å². The summed E-state index contributed by atoms with van der Waals surface area (Å²) in [4.78, 5) is 0. The Balaban J connectivity index is 0.000000137. The maximum absolute atomic E-state index is 2.23. The second-order valence-corrected chi connectivity index (χ2v) is 23.0. The summed E-state index contributed by atoms with van der Waals surface area (Å²) in [5.41, 5.74) is 29.4. The molecule has 0 N–H and O–H groups in total. The van der Waals surface area contributed by atoms with E-state index in [-0.39, 0.29) is 0 Å². The van der Waals surface area contributed by atoms with Crippen LogP contribution in [-0.2, 0) is 34.6 Å². The average Bonchev–Trinajstić information content (AvgIpc) is 2.46. The second kappa shape index (κ2) is 28.8. The molecule has 0 bridgehead atoms. The molecule has 0 aliphatic carbocycles. The van der Waals surface area contributed by atoms with E-state index in [0.717, 1.165) is 6.42 Å². The molecule has 12 rings (SSSR count). The van der Waals surface area contributed by atoms with Crippen LogP contribution in [0.25, 0.3) is 89.5 Å². The van der Waals surface area contributed by atoms with Crippen LogP contribution >= 0.6 is 0 Å². The van der Waals surface area contributed by atoms with Crippen LogP contribution in [0.15, 0.2) is 274 Å². The fourth-order valence-electron chi connectivity index (χ4n) is 11.0. The number of benzene rings is 8. The van der Waals surface area contributed by atoms with Crippen LogP contribution in [0.1, 0.15) is 65.6 Å². The lowest BCUT2D eigenvalue weighted by molar-refractivity contribution is -0.660. The minimum Gasteiger partial charge on any atom is -0.200 e. The van der Waals surface area contributed by atoms with Gasteiger partial charge in [0.05, 0.1) is 0 Å². The molecule has 428 valence electrons. The third-order valence-corrected chi connectivity index (χ3v) is 16.3. The molecule has 4 aromatic heterocycles. The predicted octanol–water partition coefficient (Wildman–Crippen LogP) is 18.6. The van der Waals surface area contributed by atoms with Gasteiger partial charge in [0.15, 0.2) is 24.8 Å². The van der Waals surface area contributed by atoms with Gasteiger partial charge in [0.1, 0.15) is 28.2 Å². The van der Waals surface area contributed by atoms with Crippen LogP contribution in [0.3, 0.4) is 0 Å². The van der Waals surface area contributed by atoms with E-state index in [2.05, 4.69) is 369 Å². The van der Waals surface area contributed by atoms with Gasteiger partial charge < -0.3 is 0 Å². The molecule has 4 heteroatoms. The first kappa shape index (κ1) is 60.9. The molecular formula is C82H84N4+4. The molecule has 0 aliphatic heterocycles. The Morgan fingerprint density at radius 2 is 0.523 bits per heavy atom. The smallest absolute Gasteiger partial charge is 0.200 e. The number of aryl methyl sites for hydroxylation is 10. The number of pyridine rings is 4. The second-order valence-electron chi connectivity index (χ2n) is 23.0. The summed E-state index contributed by atoms with van der Waals surface area (Å²) in [6, 6.07) is 88.6. The van der Waals surface area contributed by atoms with Crippen LogP contribution in [0.2, 0.25) is 0 Å². The fraction of sp³-hybridized carbons (Fsp3) is 0.171. The van der Waals surface area contributed by atoms with Gasteiger partial charge in [-0.2, -0.15) is 0 Å². The van der Waals surface area contributed by atoms with Gasteiger partial charge in [-0.25, -0.2) is 18.3 Å². The van der Waals surface area contributed by atoms with Gasteiger partial charge >= 0.3 is 0 Å². The Morgan fingerprint density at radius 1 is 0.267 bits per heavy atom. The lowest BCUT2D eigenvalue weighted by Gasteiger charge is -2.08. The summed E-state index contributed by atoms with van der Waals surface area (Å²) in [5.74, 6) is 0.573. The lowest BCUT2D eigenvalue weighted by atomic mass is 9.98. The van der Waals surface area contributed by atoms with E-state index in [9.17, 15) is 0 Å². The zero-order valence-electron chi connectivity index (χ0n) is 52.6. The van der Waals surface area contributed by atoms with Crippen molar-refractivity contribution in [1.29, 1.82) is 0 Å². The number of hydrogen-bond donors (Lipinski definition) is 0. The highest BCUT2D eigenvalue weighted by Gasteiger charge is 2.18. The van der Waals surface area contributed by atoms with Crippen molar-refractivity contribution in [2.24, 2.45) is 28.2 Å². The molecule has 0 fully saturated rings. The Hall–Kier alpha value is -9.64. The molecule has 12 aromatic rings. The molecule has 4 nitrogen and oxygen atoms in total. The van der Waals surface area contributed by atoms with Crippen molar-refractivity contribution in [1.82, 2.24) is 0 Å². The first-order valence-corrected chi connectivity index (χ1v) is 30.2. The first-order chi connectivity index (χ1) is 41.6. The quantitative estimate of drug-likeness (QED) is 0.121. The molecule has 0 radical (unpaired) electrons. The molecule has 0 saturated heterocycles. The summed E-state index contributed by atoms with van der Waals surface area (Å²) in [7, 11) is 8.45. The Labute approximate surface area is 513 Å². The van der Waals surface area contributed by atoms with Crippen molar-refractivity contribution in [3.63, 3.8) is 0 Å². The molecule has 0 aliphatic rings. The van der Waals surface area contributed by atoms with E-state index in [1.54, 1.807) is 0 Å². The van der Waals surface area contributed by atoms with E-state index in [0.29, 0.717) is 5.92 Å². The molecule has 4 heterocycles. The third kappa shape index (κ3) is 15.2. The molecule has 8 aromatic carbocycles. The minimum absolute atomic E-state index is 0.573. The van der Waals surface area contributed by atoms with Gasteiger partial charge in [-0.3, -0.25) is 0 Å². The molecule has 86 heavy (non-hydrogen) atoms. The highest BCUT2D eigenvalue weighted by Crippen LogP contribution is 2.29. The summed E-state index contributed by atoms with van der Waals surface area (Å²) in [5, 5.41) is 0. The molecular weight excluding hydrogens is 1040 g/mol. The summed E-state index contributed by atoms with van der Waals surface area (Å²) in [6.45, 7) is 17.4. The zero-order valence-corrected chi connectivity index (χ0v) is 52.6. The first-order valence-electron chi connectivity index (χ1n) is 30.2. The van der Waals surface area contributed by atoms with Crippen molar-refractivity contribution in [2.45, 2.75) is 67.7 Å². The number of rotatable bonds is 10. The average molecular weight is 1130 g/mol. The highest BCUT2D eigenvalue weighted by atomic mass is 14.9. The zero-order chi connectivity index (χ0) is 60.7. The Bertz CT molecular complexity index is 4190. The maximum Gasteiger partial charge on any atom is 0.212 e. The Morgan fingerprint density at radius 3 is 0.802 bits per heavy atom.